The van der Waals surface area contributed by atoms with E-state index >= 15 is 0 Å². The van der Waals surface area contributed by atoms with Crippen LogP contribution < -0.4 is 4.90 Å². The zero-order valence-corrected chi connectivity index (χ0v) is 17.0. The van der Waals surface area contributed by atoms with Crippen molar-refractivity contribution >= 4 is 48.5 Å². The summed E-state index contributed by atoms with van der Waals surface area (Å²) in [5.41, 5.74) is 0.895. The van der Waals surface area contributed by atoms with E-state index in [2.05, 4.69) is 25.8 Å². The molecule has 4 nitrogen and oxygen atoms in total. The van der Waals surface area contributed by atoms with E-state index < -0.39 is 0 Å². The molecule has 2 aromatic carbocycles. The quantitative estimate of drug-likeness (QED) is 0.557. The van der Waals surface area contributed by atoms with Gasteiger partial charge in [-0.3, -0.25) is 9.69 Å². The Morgan fingerprint density at radius 2 is 1.88 bits per heavy atom. The molecular weight excluding hydrogens is 417 g/mol. The van der Waals surface area contributed by atoms with Gasteiger partial charge in [0.1, 0.15) is 11.3 Å². The van der Waals surface area contributed by atoms with E-state index in [-0.39, 0.29) is 11.7 Å². The summed E-state index contributed by atoms with van der Waals surface area (Å²) < 4.78 is 15.7. The molecular formula is C19H19BrFN3OS. The van der Waals surface area contributed by atoms with Crippen molar-refractivity contribution in [3.05, 3.63) is 58.3 Å². The second kappa shape index (κ2) is 8.24. The van der Waals surface area contributed by atoms with Gasteiger partial charge in [-0.25, -0.2) is 9.37 Å². The van der Waals surface area contributed by atoms with Crippen LogP contribution in [0.2, 0.25) is 0 Å². The van der Waals surface area contributed by atoms with Crippen LogP contribution in [0.3, 0.4) is 0 Å². The first-order chi connectivity index (χ1) is 12.5. The van der Waals surface area contributed by atoms with Crippen molar-refractivity contribution in [1.82, 2.24) is 9.88 Å². The summed E-state index contributed by atoms with van der Waals surface area (Å²) in [6, 6.07) is 12.1. The molecule has 1 aromatic heterocycles. The lowest BCUT2D eigenvalue weighted by Crippen LogP contribution is -2.33. The molecule has 3 aromatic rings. The zero-order chi connectivity index (χ0) is 18.7. The molecule has 0 saturated heterocycles. The summed E-state index contributed by atoms with van der Waals surface area (Å²) in [5.74, 6) is -0.495. The molecule has 0 N–H and O–H groups in total. The van der Waals surface area contributed by atoms with Crippen molar-refractivity contribution < 1.29 is 9.18 Å². The third-order valence-electron chi connectivity index (χ3n) is 3.91. The standard InChI is InChI=1S/C19H19BrFN3OS/c1-23(2)11-4-12-24(18(25)13-7-9-14(20)10-8-13)19-22-17-15(21)5-3-6-16(17)26-19/h3,5-10H,4,11-12H2,1-2H3. The van der Waals surface area contributed by atoms with Gasteiger partial charge in [0.2, 0.25) is 0 Å². The highest BCUT2D eigenvalue weighted by Gasteiger charge is 2.22. The topological polar surface area (TPSA) is 36.4 Å². The third-order valence-corrected chi connectivity index (χ3v) is 5.48. The molecule has 0 fully saturated rings. The van der Waals surface area contributed by atoms with Crippen LogP contribution in [-0.2, 0) is 0 Å². The number of carbonyl (C=O) groups excluding carboxylic acids is 1. The van der Waals surface area contributed by atoms with E-state index in [1.165, 1.54) is 17.4 Å². The van der Waals surface area contributed by atoms with Crippen LogP contribution in [0.1, 0.15) is 16.8 Å². The molecule has 26 heavy (non-hydrogen) atoms. The van der Waals surface area contributed by atoms with Crippen molar-refractivity contribution in [1.29, 1.82) is 0 Å². The average molecular weight is 436 g/mol. The van der Waals surface area contributed by atoms with Gasteiger partial charge < -0.3 is 4.90 Å². The highest BCUT2D eigenvalue weighted by Crippen LogP contribution is 2.31. The van der Waals surface area contributed by atoms with Crippen LogP contribution in [0.25, 0.3) is 10.2 Å². The number of anilines is 1. The van der Waals surface area contributed by atoms with Gasteiger partial charge >= 0.3 is 0 Å². The fourth-order valence-corrected chi connectivity index (χ4v) is 3.86. The maximum Gasteiger partial charge on any atom is 0.260 e. The number of halogens is 2. The number of amides is 1. The van der Waals surface area contributed by atoms with Crippen LogP contribution in [0.15, 0.2) is 46.9 Å². The van der Waals surface area contributed by atoms with Crippen LogP contribution in [-0.4, -0.2) is 43.0 Å². The molecule has 1 heterocycles. The fraction of sp³-hybridized carbons (Fsp3) is 0.263. The molecule has 0 aliphatic heterocycles. The first-order valence-electron chi connectivity index (χ1n) is 8.23. The van der Waals surface area contributed by atoms with Crippen molar-refractivity contribution in [3.63, 3.8) is 0 Å². The lowest BCUT2D eigenvalue weighted by molar-refractivity contribution is 0.0986. The number of nitrogens with zero attached hydrogens (tertiary/aromatic N) is 3. The Balaban J connectivity index is 1.94. The smallest absolute Gasteiger partial charge is 0.260 e. The van der Waals surface area contributed by atoms with Gasteiger partial charge in [0.15, 0.2) is 5.13 Å². The van der Waals surface area contributed by atoms with Crippen molar-refractivity contribution in [2.75, 3.05) is 32.1 Å². The van der Waals surface area contributed by atoms with Gasteiger partial charge in [0.25, 0.3) is 5.91 Å². The van der Waals surface area contributed by atoms with E-state index in [1.807, 2.05) is 32.3 Å². The number of aromatic nitrogens is 1. The molecule has 0 bridgehead atoms. The molecule has 0 radical (unpaired) electrons. The fourth-order valence-electron chi connectivity index (χ4n) is 2.60. The molecule has 3 rings (SSSR count). The lowest BCUT2D eigenvalue weighted by Gasteiger charge is -2.21. The summed E-state index contributed by atoms with van der Waals surface area (Å²) in [6.07, 6.45) is 0.799. The zero-order valence-electron chi connectivity index (χ0n) is 14.6. The lowest BCUT2D eigenvalue weighted by atomic mass is 10.2. The summed E-state index contributed by atoms with van der Waals surface area (Å²) >= 11 is 4.72. The summed E-state index contributed by atoms with van der Waals surface area (Å²) in [7, 11) is 3.99. The number of rotatable bonds is 6. The number of para-hydroxylation sites is 1. The van der Waals surface area contributed by atoms with E-state index in [9.17, 15) is 9.18 Å². The Morgan fingerprint density at radius 1 is 1.15 bits per heavy atom. The van der Waals surface area contributed by atoms with Gasteiger partial charge in [0, 0.05) is 16.6 Å². The summed E-state index contributed by atoms with van der Waals surface area (Å²) in [6.45, 7) is 1.37. The minimum Gasteiger partial charge on any atom is -0.309 e. The monoisotopic (exact) mass is 435 g/mol. The maximum absolute atomic E-state index is 14.0. The molecule has 0 aliphatic carbocycles. The maximum atomic E-state index is 14.0. The summed E-state index contributed by atoms with van der Waals surface area (Å²) in [4.78, 5) is 21.2. The van der Waals surface area contributed by atoms with Crippen molar-refractivity contribution in [3.8, 4) is 0 Å². The molecule has 0 atom stereocenters. The predicted octanol–water partition coefficient (Wildman–Crippen LogP) is 4.80. The first-order valence-corrected chi connectivity index (χ1v) is 9.84. The molecule has 0 spiro atoms. The number of thiazole rings is 1. The van der Waals surface area contributed by atoms with Crippen LogP contribution in [0, 0.1) is 5.82 Å². The molecule has 7 heteroatoms. The van der Waals surface area contributed by atoms with E-state index in [0.717, 1.165) is 22.1 Å². The minimum absolute atomic E-state index is 0.129. The number of benzene rings is 2. The molecule has 0 unspecified atom stereocenters. The number of fused-ring (bicyclic) bond motifs is 1. The largest absolute Gasteiger partial charge is 0.309 e. The Bertz CT molecular complexity index is 911. The number of carbonyl (C=O) groups is 1. The Morgan fingerprint density at radius 3 is 2.54 bits per heavy atom. The van der Waals surface area contributed by atoms with Crippen molar-refractivity contribution in [2.24, 2.45) is 0 Å². The first kappa shape index (κ1) is 18.9. The van der Waals surface area contributed by atoms with Gasteiger partial charge in [0.05, 0.1) is 4.70 Å². The second-order valence-electron chi connectivity index (χ2n) is 6.20. The van der Waals surface area contributed by atoms with Crippen LogP contribution >= 0.6 is 27.3 Å². The molecule has 0 saturated carbocycles. The van der Waals surface area contributed by atoms with Gasteiger partial charge in [-0.05, 0) is 63.5 Å². The average Bonchev–Trinajstić information content (AvgIpc) is 3.04. The van der Waals surface area contributed by atoms with Crippen molar-refractivity contribution in [2.45, 2.75) is 6.42 Å². The second-order valence-corrected chi connectivity index (χ2v) is 8.13. The highest BCUT2D eigenvalue weighted by molar-refractivity contribution is 9.10. The molecule has 1 amide bonds. The Hall–Kier alpha value is -1.83. The van der Waals surface area contributed by atoms with Crippen LogP contribution in [0.5, 0.6) is 0 Å². The molecule has 136 valence electrons. The van der Waals surface area contributed by atoms with Gasteiger partial charge in [-0.2, -0.15) is 0 Å². The third kappa shape index (κ3) is 4.28. The predicted molar refractivity (Wildman–Crippen MR) is 109 cm³/mol. The van der Waals surface area contributed by atoms with Gasteiger partial charge in [-0.1, -0.05) is 33.3 Å². The van der Waals surface area contributed by atoms with E-state index in [4.69, 9.17) is 0 Å². The van der Waals surface area contributed by atoms with Crippen LogP contribution in [0.4, 0.5) is 9.52 Å². The number of hydrogen-bond donors (Lipinski definition) is 0. The highest BCUT2D eigenvalue weighted by atomic mass is 79.9. The normalized spacial score (nSPS) is 11.3. The van der Waals surface area contributed by atoms with E-state index in [0.29, 0.717) is 22.8 Å². The van der Waals surface area contributed by atoms with Gasteiger partial charge in [-0.15, -0.1) is 0 Å². The SMILES string of the molecule is CN(C)CCCN(C(=O)c1ccc(Br)cc1)c1nc2c(F)cccc2s1. The molecule has 0 aliphatic rings. The summed E-state index contributed by atoms with van der Waals surface area (Å²) in [5, 5.41) is 0.525. The number of hydrogen-bond acceptors (Lipinski definition) is 4. The Kier molecular flexibility index (Phi) is 6.01. The Labute approximate surface area is 164 Å². The van der Waals surface area contributed by atoms with E-state index in [1.54, 1.807) is 23.1 Å². The minimum atomic E-state index is -0.366.